The average Bonchev–Trinajstić information content (AvgIpc) is 2.83. The van der Waals surface area contributed by atoms with E-state index in [1.165, 1.54) is 44.9 Å². The Labute approximate surface area is 128 Å². The van der Waals surface area contributed by atoms with Crippen LogP contribution in [0, 0.1) is 0 Å². The van der Waals surface area contributed by atoms with Gasteiger partial charge >= 0.3 is 5.97 Å². The third kappa shape index (κ3) is 6.78. The molecule has 0 saturated carbocycles. The second-order valence-corrected chi connectivity index (χ2v) is 5.75. The number of unbranched alkanes of at least 4 members (excludes halogenated alkanes) is 7. The van der Waals surface area contributed by atoms with E-state index in [1.807, 2.05) is 17.0 Å². The van der Waals surface area contributed by atoms with Crippen LogP contribution >= 0.6 is 0 Å². The Hall–Kier alpha value is -1.32. The molecule has 0 aromatic carbocycles. The Morgan fingerprint density at radius 1 is 1.10 bits per heavy atom. The van der Waals surface area contributed by atoms with Gasteiger partial charge in [-0.25, -0.2) is 13.9 Å². The van der Waals surface area contributed by atoms with Crippen molar-refractivity contribution in [3.05, 3.63) is 18.2 Å². The molecule has 0 aliphatic rings. The van der Waals surface area contributed by atoms with Crippen molar-refractivity contribution in [2.45, 2.75) is 84.7 Å². The number of hydrogen-bond acceptors (Lipinski definition) is 1. The minimum Gasteiger partial charge on any atom is -0.478 e. The summed E-state index contributed by atoms with van der Waals surface area (Å²) in [4.78, 5) is 10.9. The monoisotopic (exact) mass is 295 g/mol. The van der Waals surface area contributed by atoms with Crippen molar-refractivity contribution in [2.24, 2.45) is 0 Å². The first-order valence-electron chi connectivity index (χ1n) is 8.48. The van der Waals surface area contributed by atoms with Gasteiger partial charge in [-0.05, 0) is 13.3 Å². The molecule has 21 heavy (non-hydrogen) atoms. The largest absolute Gasteiger partial charge is 0.478 e. The van der Waals surface area contributed by atoms with Gasteiger partial charge in [0.05, 0.1) is 6.54 Å². The van der Waals surface area contributed by atoms with E-state index < -0.39 is 5.97 Å². The van der Waals surface area contributed by atoms with Gasteiger partial charge in [-0.2, -0.15) is 0 Å². The predicted octanol–water partition coefficient (Wildman–Crippen LogP) is 3.56. The van der Waals surface area contributed by atoms with Crippen LogP contribution in [-0.4, -0.2) is 15.6 Å². The molecule has 0 unspecified atom stereocenters. The van der Waals surface area contributed by atoms with Crippen molar-refractivity contribution in [3.63, 3.8) is 0 Å². The lowest BCUT2D eigenvalue weighted by atomic mass is 10.1. The molecule has 0 aliphatic heterocycles. The predicted molar refractivity (Wildman–Crippen MR) is 84.3 cm³/mol. The summed E-state index contributed by atoms with van der Waals surface area (Å²) in [7, 11) is 0. The molecule has 0 fully saturated rings. The Bertz CT molecular complexity index is 413. The summed E-state index contributed by atoms with van der Waals surface area (Å²) >= 11 is 0. The first-order chi connectivity index (χ1) is 10.2. The molecule has 120 valence electrons. The zero-order valence-corrected chi connectivity index (χ0v) is 13.7. The van der Waals surface area contributed by atoms with Gasteiger partial charge in [0.25, 0.3) is 5.82 Å². The summed E-state index contributed by atoms with van der Waals surface area (Å²) in [6, 6.07) is 0. The van der Waals surface area contributed by atoms with Crippen molar-refractivity contribution in [1.82, 2.24) is 4.57 Å². The van der Waals surface area contributed by atoms with Gasteiger partial charge in [-0.3, -0.25) is 0 Å². The lowest BCUT2D eigenvalue weighted by molar-refractivity contribution is -0.692. The molecular formula is C17H31N2O2+. The lowest BCUT2D eigenvalue weighted by Crippen LogP contribution is -2.40. The Morgan fingerprint density at radius 2 is 1.71 bits per heavy atom. The zero-order valence-electron chi connectivity index (χ0n) is 13.7. The second kappa shape index (κ2) is 10.4. The van der Waals surface area contributed by atoms with Crippen molar-refractivity contribution in [3.8, 4) is 0 Å². The van der Waals surface area contributed by atoms with Crippen LogP contribution in [-0.2, 0) is 24.3 Å². The number of carboxylic acid groups (broad SMARTS) is 1. The number of carboxylic acids is 1. The average molecular weight is 295 g/mol. The molecule has 0 amide bonds. The van der Waals surface area contributed by atoms with Crippen LogP contribution < -0.4 is 4.57 Å². The van der Waals surface area contributed by atoms with Crippen LogP contribution in [0.4, 0.5) is 0 Å². The number of aliphatic carboxylic acids is 1. The van der Waals surface area contributed by atoms with E-state index in [1.54, 1.807) is 0 Å². The molecule has 4 nitrogen and oxygen atoms in total. The highest BCUT2D eigenvalue weighted by molar-refractivity contribution is 5.64. The van der Waals surface area contributed by atoms with Gasteiger partial charge < -0.3 is 5.11 Å². The van der Waals surface area contributed by atoms with Crippen molar-refractivity contribution in [2.75, 3.05) is 0 Å². The first kappa shape index (κ1) is 17.7. The van der Waals surface area contributed by atoms with Gasteiger partial charge in [0, 0.05) is 6.42 Å². The molecule has 0 bridgehead atoms. The highest BCUT2D eigenvalue weighted by Gasteiger charge is 2.17. The number of aryl methyl sites for hydroxylation is 1. The van der Waals surface area contributed by atoms with Crippen LogP contribution in [0.25, 0.3) is 0 Å². The third-order valence-electron chi connectivity index (χ3n) is 3.99. The van der Waals surface area contributed by atoms with Crippen molar-refractivity contribution < 1.29 is 14.5 Å². The number of imidazole rings is 1. The molecule has 1 N–H and O–H groups in total. The maximum atomic E-state index is 10.9. The van der Waals surface area contributed by atoms with E-state index in [9.17, 15) is 4.79 Å². The highest BCUT2D eigenvalue weighted by Crippen LogP contribution is 2.10. The molecule has 0 spiro atoms. The summed E-state index contributed by atoms with van der Waals surface area (Å²) < 4.78 is 4.03. The highest BCUT2D eigenvalue weighted by atomic mass is 16.4. The van der Waals surface area contributed by atoms with Crippen LogP contribution in [0.3, 0.4) is 0 Å². The van der Waals surface area contributed by atoms with Gasteiger partial charge in [0.2, 0.25) is 0 Å². The fraction of sp³-hybridized carbons (Fsp3) is 0.765. The van der Waals surface area contributed by atoms with E-state index in [2.05, 4.69) is 18.4 Å². The standard InChI is InChI=1S/C17H30N2O2/c1-3-5-6-7-8-9-10-11-12-16-18(4-2)13-14-19(16)15-17(20)21/h13-14H,3-12,15H2,1-2H3/p+1. The Morgan fingerprint density at radius 3 is 2.29 bits per heavy atom. The summed E-state index contributed by atoms with van der Waals surface area (Å²) in [6.45, 7) is 5.32. The number of carbonyl (C=O) groups is 1. The molecule has 0 saturated heterocycles. The van der Waals surface area contributed by atoms with E-state index in [0.29, 0.717) is 0 Å². The van der Waals surface area contributed by atoms with Crippen LogP contribution in [0.2, 0.25) is 0 Å². The lowest BCUT2D eigenvalue weighted by Gasteiger charge is -2.03. The fourth-order valence-corrected chi connectivity index (χ4v) is 2.78. The molecule has 1 aromatic heterocycles. The molecule has 4 heteroatoms. The summed E-state index contributed by atoms with van der Waals surface area (Å²) in [5.74, 6) is 0.372. The van der Waals surface area contributed by atoms with E-state index >= 15 is 0 Å². The minimum atomic E-state index is -0.772. The molecular weight excluding hydrogens is 264 g/mol. The number of rotatable bonds is 12. The quantitative estimate of drug-likeness (QED) is 0.473. The SMILES string of the molecule is CCCCCCCCCCc1n(CC)cc[n+]1CC(=O)O. The van der Waals surface area contributed by atoms with Crippen LogP contribution in [0.5, 0.6) is 0 Å². The third-order valence-corrected chi connectivity index (χ3v) is 3.99. The number of nitrogens with zero attached hydrogens (tertiary/aromatic N) is 2. The molecule has 0 aliphatic carbocycles. The number of aromatic nitrogens is 2. The maximum Gasteiger partial charge on any atom is 0.346 e. The molecule has 0 radical (unpaired) electrons. The summed E-state index contributed by atoms with van der Waals surface area (Å²) in [6.07, 6.45) is 15.3. The van der Waals surface area contributed by atoms with Crippen molar-refractivity contribution in [1.29, 1.82) is 0 Å². The Kier molecular flexibility index (Phi) is 8.79. The Balaban J connectivity index is 2.30. The second-order valence-electron chi connectivity index (χ2n) is 5.75. The fourth-order valence-electron chi connectivity index (χ4n) is 2.78. The van der Waals surface area contributed by atoms with Crippen LogP contribution in [0.15, 0.2) is 12.4 Å². The zero-order chi connectivity index (χ0) is 15.5. The van der Waals surface area contributed by atoms with Gasteiger partial charge in [-0.1, -0.05) is 51.9 Å². The summed E-state index contributed by atoms with van der Waals surface area (Å²) in [5, 5.41) is 8.96. The minimum absolute atomic E-state index is 0.0688. The van der Waals surface area contributed by atoms with Crippen molar-refractivity contribution >= 4 is 5.97 Å². The van der Waals surface area contributed by atoms with E-state index in [0.717, 1.165) is 25.2 Å². The van der Waals surface area contributed by atoms with Gasteiger partial charge in [0.15, 0.2) is 6.54 Å². The molecule has 1 heterocycles. The number of hydrogen-bond donors (Lipinski definition) is 1. The van der Waals surface area contributed by atoms with E-state index in [4.69, 9.17) is 5.11 Å². The summed E-state index contributed by atoms with van der Waals surface area (Å²) in [5.41, 5.74) is 0. The van der Waals surface area contributed by atoms with Gasteiger partial charge in [-0.15, -0.1) is 0 Å². The first-order valence-corrected chi connectivity index (χ1v) is 8.48. The molecule has 0 atom stereocenters. The maximum absolute atomic E-state index is 10.9. The molecule has 1 aromatic rings. The van der Waals surface area contributed by atoms with Crippen LogP contribution in [0.1, 0.15) is 71.0 Å². The normalized spacial score (nSPS) is 11.0. The smallest absolute Gasteiger partial charge is 0.346 e. The molecule has 1 rings (SSSR count). The van der Waals surface area contributed by atoms with Gasteiger partial charge in [0.1, 0.15) is 12.4 Å². The topological polar surface area (TPSA) is 46.1 Å². The van der Waals surface area contributed by atoms with E-state index in [-0.39, 0.29) is 6.54 Å².